The van der Waals surface area contributed by atoms with Crippen LogP contribution in [0.1, 0.15) is 37.4 Å². The number of aromatic nitrogens is 1. The van der Waals surface area contributed by atoms with E-state index in [0.29, 0.717) is 11.4 Å². The number of piperazine rings is 1. The summed E-state index contributed by atoms with van der Waals surface area (Å²) in [5, 5.41) is 3.58. The molecule has 0 saturated carbocycles. The first-order chi connectivity index (χ1) is 15.4. The molecule has 0 aliphatic carbocycles. The van der Waals surface area contributed by atoms with Gasteiger partial charge in [0.2, 0.25) is 0 Å². The van der Waals surface area contributed by atoms with Gasteiger partial charge in [-0.2, -0.15) is 0 Å². The zero-order chi connectivity index (χ0) is 23.0. The average Bonchev–Trinajstić information content (AvgIpc) is 3.10. The standard InChI is InChI=1S/C23H26ClN3O2.CHO.In/c1-4-8-19(16-9-7-10-17(24)13-16)15(2)21-22(28)26-20(23(29)27(21)3)14-18-11-5-6-12-25-18;1-2;/h5-8,10-13,15,19-21H,4,14H2,1-3H3,(H,26,28);1H;/t15-,19-,20-,21-;;/m1../s1. The van der Waals surface area contributed by atoms with Crippen LogP contribution in [0, 0.1) is 5.92 Å². The number of pyridine rings is 1. The Morgan fingerprint density at radius 2 is 2.06 bits per heavy atom. The monoisotopic (exact) mass is 555 g/mol. The summed E-state index contributed by atoms with van der Waals surface area (Å²) in [5.41, 5.74) is 1.87. The molecule has 32 heavy (non-hydrogen) atoms. The summed E-state index contributed by atoms with van der Waals surface area (Å²) in [7, 11) is 1.71. The number of benzene rings is 1. The maximum atomic E-state index is 13.3. The van der Waals surface area contributed by atoms with E-state index in [1.807, 2.05) is 43.3 Å². The van der Waals surface area contributed by atoms with Gasteiger partial charge in [0.15, 0.2) is 0 Å². The van der Waals surface area contributed by atoms with Gasteiger partial charge in [0.25, 0.3) is 0 Å². The third-order valence-electron chi connectivity index (χ3n) is 7.16. The number of carbonyl (C=O) groups excluding carboxylic acids is 3. The fourth-order valence-electron chi connectivity index (χ4n) is 5.71. The predicted octanol–water partition coefficient (Wildman–Crippen LogP) is 2.29. The van der Waals surface area contributed by atoms with Crippen molar-refractivity contribution in [2.75, 3.05) is 7.05 Å². The van der Waals surface area contributed by atoms with E-state index in [1.165, 1.54) is 7.36 Å². The van der Waals surface area contributed by atoms with Gasteiger partial charge in [-0.1, -0.05) is 0 Å². The number of halogens is 1. The second-order valence-corrected chi connectivity index (χ2v) is 17.3. The Balaban J connectivity index is 1.62. The SMILES string of the molecule is CC[C@@H]1[C@H]([C@@H](C)[C@@H]2C(=O)N[C@H](Cc3ccccn3)C(=O)N2C)c2cc(Cl)cc[c]2[In]1[CH]=O. The van der Waals surface area contributed by atoms with Crippen LogP contribution in [0.2, 0.25) is 8.70 Å². The van der Waals surface area contributed by atoms with E-state index in [0.717, 1.165) is 17.7 Å². The Hall–Kier alpha value is -1.86. The molecule has 5 atom stereocenters. The molecule has 2 aliphatic rings. The van der Waals surface area contributed by atoms with Crippen LogP contribution >= 0.6 is 11.6 Å². The summed E-state index contributed by atoms with van der Waals surface area (Å²) in [4.78, 5) is 44.4. The van der Waals surface area contributed by atoms with Gasteiger partial charge in [-0.15, -0.1) is 0 Å². The minimum atomic E-state index is -2.69. The van der Waals surface area contributed by atoms with Crippen molar-refractivity contribution in [1.29, 1.82) is 0 Å². The van der Waals surface area contributed by atoms with Gasteiger partial charge in [0, 0.05) is 0 Å². The molecule has 1 aromatic carbocycles. The van der Waals surface area contributed by atoms with Gasteiger partial charge < -0.3 is 0 Å². The third kappa shape index (κ3) is 4.10. The number of nitrogens with one attached hydrogen (secondary N) is 1. The molecule has 0 radical (unpaired) electrons. The van der Waals surface area contributed by atoms with Crippen molar-refractivity contribution >= 4 is 52.2 Å². The van der Waals surface area contributed by atoms with Crippen molar-refractivity contribution in [2.24, 2.45) is 5.92 Å². The third-order valence-corrected chi connectivity index (χ3v) is 16.9. The van der Waals surface area contributed by atoms with Gasteiger partial charge >= 0.3 is 202 Å². The van der Waals surface area contributed by atoms with Crippen LogP contribution in [0.5, 0.6) is 0 Å². The first-order valence-electron chi connectivity index (χ1n) is 11.1. The predicted molar refractivity (Wildman–Crippen MR) is 126 cm³/mol. The molecule has 1 saturated heterocycles. The van der Waals surface area contributed by atoms with Crippen molar-refractivity contribution < 1.29 is 14.4 Å². The van der Waals surface area contributed by atoms with E-state index in [1.54, 1.807) is 18.1 Å². The molecule has 1 aromatic heterocycles. The summed E-state index contributed by atoms with van der Waals surface area (Å²) in [6, 6.07) is 10.2. The summed E-state index contributed by atoms with van der Waals surface area (Å²) in [6.07, 6.45) is 2.93. The molecule has 8 heteroatoms. The van der Waals surface area contributed by atoms with Crippen molar-refractivity contribution in [2.45, 2.75) is 48.4 Å². The van der Waals surface area contributed by atoms with Crippen LogP contribution in [-0.4, -0.2) is 66.3 Å². The molecular formula is C24H27ClInN3O3. The quantitative estimate of drug-likeness (QED) is 0.555. The Morgan fingerprint density at radius 3 is 2.72 bits per heavy atom. The number of nitrogens with zero attached hydrogens (tertiary/aromatic N) is 2. The Bertz CT molecular complexity index is 1030. The molecule has 3 heterocycles. The second-order valence-electron chi connectivity index (χ2n) is 8.87. The van der Waals surface area contributed by atoms with Gasteiger partial charge in [0.05, 0.1) is 0 Å². The molecule has 2 aliphatic heterocycles. The van der Waals surface area contributed by atoms with E-state index in [-0.39, 0.29) is 27.3 Å². The normalized spacial score (nSPS) is 26.0. The number of rotatable bonds is 6. The molecule has 1 fully saturated rings. The summed E-state index contributed by atoms with van der Waals surface area (Å²) in [6.45, 7) is 4.15. The fourth-order valence-corrected chi connectivity index (χ4v) is 15.3. The summed E-state index contributed by atoms with van der Waals surface area (Å²) >= 11 is 3.63. The number of fused-ring (bicyclic) bond motifs is 1. The minimum absolute atomic E-state index is 0.0399. The number of hydrogen-bond donors (Lipinski definition) is 1. The van der Waals surface area contributed by atoms with Gasteiger partial charge in [-0.05, 0) is 0 Å². The molecule has 2 aromatic rings. The Labute approximate surface area is 201 Å². The summed E-state index contributed by atoms with van der Waals surface area (Å²) in [5.74, 6) is -0.356. The fraction of sp³-hybridized carbons (Fsp3) is 0.417. The van der Waals surface area contributed by atoms with Crippen LogP contribution in [0.4, 0.5) is 0 Å². The molecular weight excluding hydrogens is 529 g/mol. The molecule has 0 bridgehead atoms. The maximum absolute atomic E-state index is 13.3. The van der Waals surface area contributed by atoms with Crippen molar-refractivity contribution in [3.05, 3.63) is 58.9 Å². The van der Waals surface area contributed by atoms with E-state index in [9.17, 15) is 14.4 Å². The van der Waals surface area contributed by atoms with Crippen molar-refractivity contribution in [3.8, 4) is 0 Å². The van der Waals surface area contributed by atoms with Crippen molar-refractivity contribution in [1.82, 2.24) is 15.2 Å². The first-order valence-corrected chi connectivity index (χ1v) is 16.9. The zero-order valence-corrected chi connectivity index (χ0v) is 22.5. The van der Waals surface area contributed by atoms with E-state index >= 15 is 0 Å². The van der Waals surface area contributed by atoms with E-state index < -0.39 is 33.5 Å². The van der Waals surface area contributed by atoms with Gasteiger partial charge in [-0.3, -0.25) is 0 Å². The first kappa shape index (κ1) is 23.3. The van der Waals surface area contributed by atoms with Gasteiger partial charge in [0.1, 0.15) is 0 Å². The van der Waals surface area contributed by atoms with Crippen LogP contribution in [0.15, 0.2) is 42.6 Å². The Morgan fingerprint density at radius 1 is 1.28 bits per heavy atom. The van der Waals surface area contributed by atoms with Gasteiger partial charge in [-0.25, -0.2) is 0 Å². The van der Waals surface area contributed by atoms with Crippen LogP contribution in [-0.2, 0) is 20.8 Å². The van der Waals surface area contributed by atoms with E-state index in [2.05, 4.69) is 17.2 Å². The molecule has 0 unspecified atom stereocenters. The van der Waals surface area contributed by atoms with Crippen LogP contribution in [0.3, 0.4) is 0 Å². The van der Waals surface area contributed by atoms with Crippen molar-refractivity contribution in [3.63, 3.8) is 0 Å². The van der Waals surface area contributed by atoms with Crippen LogP contribution in [0.25, 0.3) is 0 Å². The number of likely N-dealkylation sites (N-methyl/N-ethyl adjacent to an activating group) is 1. The molecule has 4 rings (SSSR count). The molecule has 0 spiro atoms. The molecule has 166 valence electrons. The Kier molecular flexibility index (Phi) is 6.96. The van der Waals surface area contributed by atoms with Crippen LogP contribution < -0.4 is 8.64 Å². The van der Waals surface area contributed by atoms with E-state index in [4.69, 9.17) is 11.6 Å². The molecule has 1 N–H and O–H groups in total. The topological polar surface area (TPSA) is 79.4 Å². The summed E-state index contributed by atoms with van der Waals surface area (Å²) < 4.78 is 2.67. The number of hydrogen-bond acceptors (Lipinski definition) is 4. The second kappa shape index (κ2) is 9.56. The molecule has 2 amide bonds. The molecule has 6 nitrogen and oxygen atoms in total. The average molecular weight is 556 g/mol. The number of amides is 2. The zero-order valence-electron chi connectivity index (χ0n) is 18.5. The number of carbonyl (C=O) groups is 3.